The van der Waals surface area contributed by atoms with Crippen LogP contribution in [-0.2, 0) is 4.79 Å². The smallest absolute Gasteiger partial charge is 0.266 e. The molecule has 1 atom stereocenters. The van der Waals surface area contributed by atoms with E-state index in [9.17, 15) is 4.79 Å². The largest absolute Gasteiger partial charge is 0.302 e. The maximum atomic E-state index is 11.6. The van der Waals surface area contributed by atoms with Crippen molar-refractivity contribution in [3.8, 4) is 0 Å². The summed E-state index contributed by atoms with van der Waals surface area (Å²) in [4.78, 5) is 13.7. The van der Waals surface area contributed by atoms with E-state index in [0.29, 0.717) is 4.91 Å². The second-order valence-electron chi connectivity index (χ2n) is 2.94. The number of benzene rings is 1. The second kappa shape index (κ2) is 3.48. The fraction of sp³-hybridized carbons (Fsp3) is 0.100. The third kappa shape index (κ3) is 1.42. The maximum absolute atomic E-state index is 11.6. The van der Waals surface area contributed by atoms with E-state index in [0.717, 1.165) is 5.69 Å². The van der Waals surface area contributed by atoms with Gasteiger partial charge in [0.25, 0.3) is 5.91 Å². The molecule has 1 fully saturated rings. The van der Waals surface area contributed by atoms with Crippen molar-refractivity contribution < 1.29 is 4.79 Å². The lowest BCUT2D eigenvalue weighted by Crippen LogP contribution is -2.37. The molecule has 1 aliphatic heterocycles. The van der Waals surface area contributed by atoms with E-state index in [2.05, 4.69) is 6.58 Å². The monoisotopic (exact) mass is 206 g/mol. The van der Waals surface area contributed by atoms with Gasteiger partial charge in [0, 0.05) is 5.69 Å². The molecule has 2 rings (SSSR count). The first kappa shape index (κ1) is 9.30. The molecule has 1 saturated heterocycles. The van der Waals surface area contributed by atoms with Crippen molar-refractivity contribution in [2.45, 2.75) is 5.50 Å². The molecule has 0 spiro atoms. The summed E-state index contributed by atoms with van der Waals surface area (Å²) in [6.07, 6.45) is 0. The van der Waals surface area contributed by atoms with Crippen LogP contribution in [0.2, 0.25) is 0 Å². The van der Waals surface area contributed by atoms with Gasteiger partial charge in [-0.2, -0.15) is 0 Å². The van der Waals surface area contributed by atoms with Gasteiger partial charge in [0.05, 0.1) is 4.91 Å². The number of nitrogens with two attached hydrogens (primary N) is 1. The fourth-order valence-corrected chi connectivity index (χ4v) is 2.17. The summed E-state index contributed by atoms with van der Waals surface area (Å²) in [7, 11) is 0. The minimum atomic E-state index is -0.350. The average molecular weight is 206 g/mol. The molecular weight excluding hydrogens is 196 g/mol. The molecule has 4 heteroatoms. The van der Waals surface area contributed by atoms with Gasteiger partial charge < -0.3 is 5.73 Å². The Morgan fingerprint density at radius 3 is 2.50 bits per heavy atom. The molecule has 0 aliphatic carbocycles. The molecule has 3 nitrogen and oxygen atoms in total. The van der Waals surface area contributed by atoms with E-state index in [1.165, 1.54) is 11.8 Å². The predicted molar refractivity (Wildman–Crippen MR) is 58.6 cm³/mol. The highest BCUT2D eigenvalue weighted by atomic mass is 32.2. The zero-order valence-electron chi connectivity index (χ0n) is 7.51. The van der Waals surface area contributed by atoms with Gasteiger partial charge in [-0.3, -0.25) is 9.69 Å². The predicted octanol–water partition coefficient (Wildman–Crippen LogP) is 1.52. The van der Waals surface area contributed by atoms with Crippen molar-refractivity contribution in [3.05, 3.63) is 41.8 Å². The molecule has 1 aromatic rings. The summed E-state index contributed by atoms with van der Waals surface area (Å²) in [6.45, 7) is 3.65. The van der Waals surface area contributed by atoms with Crippen LogP contribution in [0.4, 0.5) is 5.69 Å². The fourth-order valence-electron chi connectivity index (χ4n) is 1.35. The van der Waals surface area contributed by atoms with Crippen LogP contribution in [0.25, 0.3) is 0 Å². The first-order chi connectivity index (χ1) is 6.70. The van der Waals surface area contributed by atoms with Gasteiger partial charge in [-0.05, 0) is 12.1 Å². The van der Waals surface area contributed by atoms with Gasteiger partial charge in [0.1, 0.15) is 5.50 Å². The lowest BCUT2D eigenvalue weighted by atomic mass is 10.3. The standard InChI is InChI=1S/C10H10N2OS/c1-7-9(13)12(10(11)14-7)8-5-3-2-4-6-8/h2-6,10H,1,11H2. The van der Waals surface area contributed by atoms with E-state index in [1.54, 1.807) is 4.90 Å². The van der Waals surface area contributed by atoms with Gasteiger partial charge in [0.2, 0.25) is 0 Å². The number of hydrogen-bond donors (Lipinski definition) is 1. The van der Waals surface area contributed by atoms with Crippen molar-refractivity contribution in [2.24, 2.45) is 5.73 Å². The zero-order valence-corrected chi connectivity index (χ0v) is 8.33. The normalized spacial score (nSPS) is 21.8. The summed E-state index contributed by atoms with van der Waals surface area (Å²) in [5.74, 6) is -0.103. The quantitative estimate of drug-likeness (QED) is 0.709. The molecule has 1 aliphatic rings. The third-order valence-corrected chi connectivity index (χ3v) is 2.92. The number of rotatable bonds is 1. The first-order valence-electron chi connectivity index (χ1n) is 4.20. The molecule has 0 aromatic heterocycles. The van der Waals surface area contributed by atoms with Crippen LogP contribution in [-0.4, -0.2) is 11.4 Å². The number of carbonyl (C=O) groups excluding carboxylic acids is 1. The van der Waals surface area contributed by atoms with Crippen LogP contribution >= 0.6 is 11.8 Å². The summed E-state index contributed by atoms with van der Waals surface area (Å²) in [5.41, 5.74) is 6.27. The number of carbonyl (C=O) groups is 1. The molecular formula is C10H10N2OS. The molecule has 0 bridgehead atoms. The van der Waals surface area contributed by atoms with Gasteiger partial charge in [-0.1, -0.05) is 36.5 Å². The first-order valence-corrected chi connectivity index (χ1v) is 5.08. The molecule has 72 valence electrons. The van der Waals surface area contributed by atoms with E-state index in [4.69, 9.17) is 5.73 Å². The van der Waals surface area contributed by atoms with Crippen molar-refractivity contribution in [1.82, 2.24) is 0 Å². The Morgan fingerprint density at radius 1 is 1.36 bits per heavy atom. The molecule has 0 radical (unpaired) electrons. The van der Waals surface area contributed by atoms with Gasteiger partial charge in [0.15, 0.2) is 0 Å². The maximum Gasteiger partial charge on any atom is 0.266 e. The minimum absolute atomic E-state index is 0.103. The van der Waals surface area contributed by atoms with E-state index in [1.807, 2.05) is 30.3 Å². The minimum Gasteiger partial charge on any atom is -0.302 e. The Labute approximate surface area is 86.6 Å². The van der Waals surface area contributed by atoms with Crippen molar-refractivity contribution in [1.29, 1.82) is 0 Å². The van der Waals surface area contributed by atoms with E-state index in [-0.39, 0.29) is 11.4 Å². The Bertz CT molecular complexity index is 377. The van der Waals surface area contributed by atoms with Gasteiger partial charge in [-0.25, -0.2) is 0 Å². The van der Waals surface area contributed by atoms with Gasteiger partial charge >= 0.3 is 0 Å². The molecule has 1 aromatic carbocycles. The molecule has 14 heavy (non-hydrogen) atoms. The average Bonchev–Trinajstić information content (AvgIpc) is 2.43. The highest BCUT2D eigenvalue weighted by Gasteiger charge is 2.33. The Hall–Kier alpha value is -1.26. The van der Waals surface area contributed by atoms with Gasteiger partial charge in [-0.15, -0.1) is 0 Å². The van der Waals surface area contributed by atoms with Crippen LogP contribution in [0.1, 0.15) is 0 Å². The van der Waals surface area contributed by atoms with Crippen LogP contribution in [0.5, 0.6) is 0 Å². The SMILES string of the molecule is C=C1SC(N)N(c2ccccc2)C1=O. The van der Waals surface area contributed by atoms with Crippen molar-refractivity contribution in [3.63, 3.8) is 0 Å². The number of thioether (sulfide) groups is 1. The summed E-state index contributed by atoms with van der Waals surface area (Å²) >= 11 is 1.29. The van der Waals surface area contributed by atoms with Crippen molar-refractivity contribution in [2.75, 3.05) is 4.90 Å². The Morgan fingerprint density at radius 2 is 2.00 bits per heavy atom. The number of para-hydroxylation sites is 1. The topological polar surface area (TPSA) is 46.3 Å². The molecule has 0 saturated carbocycles. The number of anilines is 1. The number of nitrogens with zero attached hydrogens (tertiary/aromatic N) is 1. The van der Waals surface area contributed by atoms with E-state index >= 15 is 0 Å². The molecule has 1 heterocycles. The third-order valence-electron chi connectivity index (χ3n) is 2.01. The summed E-state index contributed by atoms with van der Waals surface area (Å²) < 4.78 is 0. The highest BCUT2D eigenvalue weighted by Crippen LogP contribution is 2.34. The van der Waals surface area contributed by atoms with Crippen LogP contribution in [0, 0.1) is 0 Å². The highest BCUT2D eigenvalue weighted by molar-refractivity contribution is 8.05. The van der Waals surface area contributed by atoms with Crippen LogP contribution in [0.15, 0.2) is 41.8 Å². The summed E-state index contributed by atoms with van der Waals surface area (Å²) in [6, 6.07) is 9.37. The van der Waals surface area contributed by atoms with Crippen molar-refractivity contribution >= 4 is 23.4 Å². The molecule has 2 N–H and O–H groups in total. The summed E-state index contributed by atoms with van der Waals surface area (Å²) in [5, 5.41) is 0. The molecule has 1 unspecified atom stereocenters. The lowest BCUT2D eigenvalue weighted by molar-refractivity contribution is -0.114. The Balaban J connectivity index is 2.36. The Kier molecular flexibility index (Phi) is 2.31. The van der Waals surface area contributed by atoms with E-state index < -0.39 is 0 Å². The molecule has 1 amide bonds. The lowest BCUT2D eigenvalue weighted by Gasteiger charge is -2.19. The van der Waals surface area contributed by atoms with Crippen LogP contribution < -0.4 is 10.6 Å². The zero-order chi connectivity index (χ0) is 10.1. The second-order valence-corrected chi connectivity index (χ2v) is 4.15. The number of amides is 1. The van der Waals surface area contributed by atoms with Crippen LogP contribution in [0.3, 0.4) is 0 Å². The number of hydrogen-bond acceptors (Lipinski definition) is 3.